The Morgan fingerprint density at radius 3 is 2.37 bits per heavy atom. The second-order valence-electron chi connectivity index (χ2n) is 5.05. The lowest BCUT2D eigenvalue weighted by Crippen LogP contribution is -2.46. The Hall–Kier alpha value is -1.94. The van der Waals surface area contributed by atoms with E-state index in [1.807, 2.05) is 18.3 Å². The molecule has 1 aromatic heterocycles. The van der Waals surface area contributed by atoms with E-state index in [1.165, 1.54) is 11.4 Å². The van der Waals surface area contributed by atoms with Gasteiger partial charge in [-0.3, -0.25) is 4.90 Å². The SMILES string of the molecule is Nc1ccc(N2CCN(Cc3ccc[nH]3)CC2)cc1. The average Bonchev–Trinajstić information content (AvgIpc) is 2.94. The van der Waals surface area contributed by atoms with Crippen molar-refractivity contribution in [3.05, 3.63) is 48.3 Å². The zero-order valence-corrected chi connectivity index (χ0v) is 11.0. The van der Waals surface area contributed by atoms with Gasteiger partial charge in [0.15, 0.2) is 0 Å². The van der Waals surface area contributed by atoms with Crippen molar-refractivity contribution in [1.29, 1.82) is 0 Å². The molecule has 0 atom stereocenters. The first-order valence-electron chi connectivity index (χ1n) is 6.76. The van der Waals surface area contributed by atoms with Crippen molar-refractivity contribution in [1.82, 2.24) is 9.88 Å². The number of nitrogens with one attached hydrogen (secondary N) is 1. The Labute approximate surface area is 113 Å². The van der Waals surface area contributed by atoms with Crippen molar-refractivity contribution in [3.63, 3.8) is 0 Å². The number of rotatable bonds is 3. The van der Waals surface area contributed by atoms with Crippen LogP contribution in [0.5, 0.6) is 0 Å². The van der Waals surface area contributed by atoms with Gasteiger partial charge in [0.1, 0.15) is 0 Å². The molecule has 1 aromatic carbocycles. The number of nitrogens with zero attached hydrogens (tertiary/aromatic N) is 2. The molecule has 0 aliphatic carbocycles. The Balaban J connectivity index is 1.56. The smallest absolute Gasteiger partial charge is 0.0386 e. The van der Waals surface area contributed by atoms with Crippen LogP contribution in [-0.4, -0.2) is 36.1 Å². The summed E-state index contributed by atoms with van der Waals surface area (Å²) in [5.74, 6) is 0. The van der Waals surface area contributed by atoms with E-state index in [9.17, 15) is 0 Å². The van der Waals surface area contributed by atoms with Gasteiger partial charge in [-0.05, 0) is 36.4 Å². The Morgan fingerprint density at radius 2 is 1.74 bits per heavy atom. The van der Waals surface area contributed by atoms with Crippen LogP contribution in [0.15, 0.2) is 42.6 Å². The standard InChI is InChI=1S/C15H20N4/c16-13-3-5-15(6-4-13)19-10-8-18(9-11-19)12-14-2-1-7-17-14/h1-7,17H,8-12,16H2. The van der Waals surface area contributed by atoms with Gasteiger partial charge in [0, 0.05) is 56.0 Å². The highest BCUT2D eigenvalue weighted by Gasteiger charge is 2.17. The number of nitrogens with two attached hydrogens (primary N) is 1. The molecule has 2 heterocycles. The summed E-state index contributed by atoms with van der Waals surface area (Å²) in [7, 11) is 0. The molecular formula is C15H20N4. The molecule has 1 aliphatic rings. The van der Waals surface area contributed by atoms with Crippen LogP contribution >= 0.6 is 0 Å². The van der Waals surface area contributed by atoms with E-state index in [1.54, 1.807) is 0 Å². The molecular weight excluding hydrogens is 236 g/mol. The van der Waals surface area contributed by atoms with Gasteiger partial charge in [-0.1, -0.05) is 0 Å². The number of hydrogen-bond acceptors (Lipinski definition) is 3. The fourth-order valence-corrected chi connectivity index (χ4v) is 2.56. The lowest BCUT2D eigenvalue weighted by molar-refractivity contribution is 0.247. The number of piperazine rings is 1. The molecule has 1 aliphatic heterocycles. The first kappa shape index (κ1) is 12.1. The first-order chi connectivity index (χ1) is 9.31. The van der Waals surface area contributed by atoms with Crippen LogP contribution < -0.4 is 10.6 Å². The maximum absolute atomic E-state index is 5.72. The molecule has 100 valence electrons. The van der Waals surface area contributed by atoms with Crippen LogP contribution in [0.1, 0.15) is 5.69 Å². The van der Waals surface area contributed by atoms with Crippen molar-refractivity contribution < 1.29 is 0 Å². The molecule has 1 saturated heterocycles. The highest BCUT2D eigenvalue weighted by atomic mass is 15.3. The Kier molecular flexibility index (Phi) is 3.42. The van der Waals surface area contributed by atoms with Crippen molar-refractivity contribution in [2.24, 2.45) is 0 Å². The molecule has 1 fully saturated rings. The molecule has 2 aromatic rings. The predicted octanol–water partition coefficient (Wildman–Crippen LogP) is 1.92. The third-order valence-corrected chi connectivity index (χ3v) is 3.69. The number of aromatic amines is 1. The summed E-state index contributed by atoms with van der Waals surface area (Å²) in [6.07, 6.45) is 1.99. The topological polar surface area (TPSA) is 48.3 Å². The van der Waals surface area contributed by atoms with Crippen LogP contribution in [0.2, 0.25) is 0 Å². The van der Waals surface area contributed by atoms with Gasteiger partial charge >= 0.3 is 0 Å². The third-order valence-electron chi connectivity index (χ3n) is 3.69. The van der Waals surface area contributed by atoms with Gasteiger partial charge in [-0.25, -0.2) is 0 Å². The monoisotopic (exact) mass is 256 g/mol. The lowest BCUT2D eigenvalue weighted by atomic mass is 10.2. The second-order valence-corrected chi connectivity index (χ2v) is 5.05. The van der Waals surface area contributed by atoms with Crippen LogP contribution in [0.3, 0.4) is 0 Å². The lowest BCUT2D eigenvalue weighted by Gasteiger charge is -2.36. The maximum Gasteiger partial charge on any atom is 0.0386 e. The van der Waals surface area contributed by atoms with E-state index < -0.39 is 0 Å². The molecule has 0 saturated carbocycles. The van der Waals surface area contributed by atoms with E-state index in [0.29, 0.717) is 0 Å². The number of nitrogen functional groups attached to an aromatic ring is 1. The summed E-state index contributed by atoms with van der Waals surface area (Å²) < 4.78 is 0. The summed E-state index contributed by atoms with van der Waals surface area (Å²) in [5.41, 5.74) is 9.12. The normalized spacial score (nSPS) is 16.7. The fourth-order valence-electron chi connectivity index (χ4n) is 2.56. The van der Waals surface area contributed by atoms with Gasteiger partial charge in [0.05, 0.1) is 0 Å². The molecule has 0 unspecified atom stereocenters. The van der Waals surface area contributed by atoms with Crippen LogP contribution in [-0.2, 0) is 6.54 Å². The summed E-state index contributed by atoms with van der Waals surface area (Å²) in [4.78, 5) is 8.17. The molecule has 3 N–H and O–H groups in total. The Bertz CT molecular complexity index is 495. The van der Waals surface area contributed by atoms with E-state index in [4.69, 9.17) is 5.73 Å². The third kappa shape index (κ3) is 2.90. The number of hydrogen-bond donors (Lipinski definition) is 2. The quantitative estimate of drug-likeness (QED) is 0.825. The van der Waals surface area contributed by atoms with Crippen molar-refractivity contribution in [3.8, 4) is 0 Å². The zero-order chi connectivity index (χ0) is 13.1. The minimum absolute atomic E-state index is 0.828. The van der Waals surface area contributed by atoms with Gasteiger partial charge in [0.2, 0.25) is 0 Å². The molecule has 19 heavy (non-hydrogen) atoms. The predicted molar refractivity (Wildman–Crippen MR) is 79.1 cm³/mol. The minimum atomic E-state index is 0.828. The van der Waals surface area contributed by atoms with E-state index in [-0.39, 0.29) is 0 Å². The number of benzene rings is 1. The first-order valence-corrected chi connectivity index (χ1v) is 6.76. The molecule has 0 spiro atoms. The van der Waals surface area contributed by atoms with E-state index >= 15 is 0 Å². The van der Waals surface area contributed by atoms with Gasteiger partial charge in [-0.2, -0.15) is 0 Å². The van der Waals surface area contributed by atoms with Crippen molar-refractivity contribution in [2.75, 3.05) is 36.8 Å². The van der Waals surface area contributed by atoms with Crippen molar-refractivity contribution in [2.45, 2.75) is 6.54 Å². The minimum Gasteiger partial charge on any atom is -0.399 e. The highest BCUT2D eigenvalue weighted by Crippen LogP contribution is 2.18. The summed E-state index contributed by atoms with van der Waals surface area (Å²) in [5, 5.41) is 0. The molecule has 0 bridgehead atoms. The number of anilines is 2. The summed E-state index contributed by atoms with van der Waals surface area (Å²) in [6.45, 7) is 5.37. The van der Waals surface area contributed by atoms with Crippen LogP contribution in [0.4, 0.5) is 11.4 Å². The van der Waals surface area contributed by atoms with Crippen LogP contribution in [0, 0.1) is 0 Å². The number of H-pyrrole nitrogens is 1. The van der Waals surface area contributed by atoms with Gasteiger partial charge in [-0.15, -0.1) is 0 Å². The average molecular weight is 256 g/mol. The second kappa shape index (κ2) is 5.36. The van der Waals surface area contributed by atoms with Gasteiger partial charge in [0.25, 0.3) is 0 Å². The van der Waals surface area contributed by atoms with Gasteiger partial charge < -0.3 is 15.6 Å². The molecule has 4 heteroatoms. The largest absolute Gasteiger partial charge is 0.399 e. The van der Waals surface area contributed by atoms with Crippen molar-refractivity contribution >= 4 is 11.4 Å². The van der Waals surface area contributed by atoms with E-state index in [2.05, 4.69) is 39.0 Å². The fraction of sp³-hybridized carbons (Fsp3) is 0.333. The van der Waals surface area contributed by atoms with E-state index in [0.717, 1.165) is 38.4 Å². The molecule has 4 nitrogen and oxygen atoms in total. The summed E-state index contributed by atoms with van der Waals surface area (Å²) in [6, 6.07) is 12.4. The number of aromatic nitrogens is 1. The maximum atomic E-state index is 5.72. The Morgan fingerprint density at radius 1 is 1.00 bits per heavy atom. The highest BCUT2D eigenvalue weighted by molar-refractivity contribution is 5.53. The summed E-state index contributed by atoms with van der Waals surface area (Å²) >= 11 is 0. The molecule has 0 amide bonds. The molecule has 3 rings (SSSR count). The molecule has 0 radical (unpaired) electrons. The van der Waals surface area contributed by atoms with Crippen LogP contribution in [0.25, 0.3) is 0 Å². The zero-order valence-electron chi connectivity index (χ0n) is 11.0.